The first-order valence-electron chi connectivity index (χ1n) is 11.4. The molecule has 5 aromatic rings. The van der Waals surface area contributed by atoms with Gasteiger partial charge >= 0.3 is 0 Å². The summed E-state index contributed by atoms with van der Waals surface area (Å²) in [5, 5.41) is 9.02. The molecule has 0 bridgehead atoms. The van der Waals surface area contributed by atoms with Gasteiger partial charge in [-0.1, -0.05) is 59.8 Å². The number of fused-ring (bicyclic) bond motifs is 2. The molecule has 162 valence electrons. The Bertz CT molecular complexity index is 1440. The maximum Gasteiger partial charge on any atom is 0.169 e. The number of nitrogens with one attached hydrogen (secondary N) is 1. The van der Waals surface area contributed by atoms with Crippen LogP contribution < -0.4 is 5.32 Å². The van der Waals surface area contributed by atoms with E-state index in [1.807, 2.05) is 26.0 Å². The smallest absolute Gasteiger partial charge is 0.169 e. The summed E-state index contributed by atoms with van der Waals surface area (Å²) in [6.07, 6.45) is 2.10. The summed E-state index contributed by atoms with van der Waals surface area (Å²) < 4.78 is 5.71. The van der Waals surface area contributed by atoms with E-state index in [1.54, 1.807) is 0 Å². The number of rotatable bonds is 4. The molecule has 0 unspecified atom stereocenters. The van der Waals surface area contributed by atoms with Crippen LogP contribution in [0, 0.1) is 13.8 Å². The predicted molar refractivity (Wildman–Crippen MR) is 133 cm³/mol. The Morgan fingerprint density at radius 2 is 1.55 bits per heavy atom. The van der Waals surface area contributed by atoms with E-state index in [9.17, 15) is 0 Å². The SMILES string of the molecule is Cc1cc(-c2c(C)nc3ccc(NC4Cc5ccccc5C4)cc3c2-c2ccccc2)on1. The van der Waals surface area contributed by atoms with Crippen LogP contribution in [0.15, 0.2) is 83.4 Å². The molecule has 0 fully saturated rings. The molecule has 1 N–H and O–H groups in total. The maximum absolute atomic E-state index is 5.71. The summed E-state index contributed by atoms with van der Waals surface area (Å²) in [4.78, 5) is 4.94. The van der Waals surface area contributed by atoms with Crippen LogP contribution in [0.3, 0.4) is 0 Å². The van der Waals surface area contributed by atoms with E-state index in [1.165, 1.54) is 11.1 Å². The number of benzene rings is 3. The molecule has 2 aromatic heterocycles. The molecule has 0 atom stereocenters. The van der Waals surface area contributed by atoms with Crippen LogP contribution in [0.1, 0.15) is 22.5 Å². The van der Waals surface area contributed by atoms with Gasteiger partial charge in [0.25, 0.3) is 0 Å². The van der Waals surface area contributed by atoms with Crippen molar-refractivity contribution in [3.63, 3.8) is 0 Å². The Hall–Kier alpha value is -3.92. The van der Waals surface area contributed by atoms with E-state index < -0.39 is 0 Å². The lowest BCUT2D eigenvalue weighted by Crippen LogP contribution is -2.19. The van der Waals surface area contributed by atoms with E-state index in [2.05, 4.69) is 77.2 Å². The first kappa shape index (κ1) is 19.7. The zero-order valence-electron chi connectivity index (χ0n) is 18.8. The number of hydrogen-bond donors (Lipinski definition) is 1. The van der Waals surface area contributed by atoms with Crippen molar-refractivity contribution in [1.29, 1.82) is 0 Å². The topological polar surface area (TPSA) is 51.0 Å². The van der Waals surface area contributed by atoms with Gasteiger partial charge in [0, 0.05) is 40.0 Å². The van der Waals surface area contributed by atoms with Crippen LogP contribution in [0.2, 0.25) is 0 Å². The molecule has 0 saturated heterocycles. The molecule has 0 spiro atoms. The third-order valence-electron chi connectivity index (χ3n) is 6.52. The minimum absolute atomic E-state index is 0.398. The molecule has 4 heteroatoms. The molecule has 1 aliphatic carbocycles. The van der Waals surface area contributed by atoms with Crippen LogP contribution in [0.4, 0.5) is 5.69 Å². The quantitative estimate of drug-likeness (QED) is 0.342. The second-order valence-corrected chi connectivity index (χ2v) is 8.90. The first-order valence-corrected chi connectivity index (χ1v) is 11.4. The number of hydrogen-bond acceptors (Lipinski definition) is 4. The highest BCUT2D eigenvalue weighted by atomic mass is 16.5. The third-order valence-corrected chi connectivity index (χ3v) is 6.52. The molecule has 0 radical (unpaired) electrons. The largest absolute Gasteiger partial charge is 0.382 e. The summed E-state index contributed by atoms with van der Waals surface area (Å²) >= 11 is 0. The van der Waals surface area contributed by atoms with Crippen molar-refractivity contribution in [2.75, 3.05) is 5.32 Å². The van der Waals surface area contributed by atoms with Crippen LogP contribution in [-0.2, 0) is 12.8 Å². The Labute approximate surface area is 193 Å². The number of anilines is 1. The average molecular weight is 432 g/mol. The Kier molecular flexibility index (Phi) is 4.72. The lowest BCUT2D eigenvalue weighted by Gasteiger charge is -2.17. The molecular formula is C29H25N3O. The third kappa shape index (κ3) is 3.58. The van der Waals surface area contributed by atoms with E-state index in [-0.39, 0.29) is 0 Å². The van der Waals surface area contributed by atoms with E-state index in [4.69, 9.17) is 9.51 Å². The molecule has 0 amide bonds. The van der Waals surface area contributed by atoms with Crippen molar-refractivity contribution < 1.29 is 4.52 Å². The van der Waals surface area contributed by atoms with Crippen molar-refractivity contribution in [1.82, 2.24) is 10.1 Å². The molecule has 33 heavy (non-hydrogen) atoms. The Balaban J connectivity index is 1.48. The van der Waals surface area contributed by atoms with Gasteiger partial charge in [0.05, 0.1) is 11.2 Å². The van der Waals surface area contributed by atoms with Crippen LogP contribution in [0.25, 0.3) is 33.4 Å². The number of pyridine rings is 1. The van der Waals surface area contributed by atoms with Crippen molar-refractivity contribution in [2.45, 2.75) is 32.7 Å². The average Bonchev–Trinajstić information content (AvgIpc) is 3.44. The highest BCUT2D eigenvalue weighted by Crippen LogP contribution is 2.40. The number of nitrogens with zero attached hydrogens (tertiary/aromatic N) is 2. The van der Waals surface area contributed by atoms with Crippen LogP contribution in [0.5, 0.6) is 0 Å². The Morgan fingerprint density at radius 1 is 0.818 bits per heavy atom. The van der Waals surface area contributed by atoms with E-state index in [0.717, 1.165) is 63.3 Å². The molecule has 6 rings (SSSR count). The fourth-order valence-corrected chi connectivity index (χ4v) is 5.06. The molecule has 3 aromatic carbocycles. The number of aromatic nitrogens is 2. The maximum atomic E-state index is 5.71. The fourth-order valence-electron chi connectivity index (χ4n) is 5.06. The van der Waals surface area contributed by atoms with Gasteiger partial charge in [0.15, 0.2) is 5.76 Å². The second kappa shape index (κ2) is 7.89. The van der Waals surface area contributed by atoms with Gasteiger partial charge in [-0.05, 0) is 61.6 Å². The molecule has 4 nitrogen and oxygen atoms in total. The summed E-state index contributed by atoms with van der Waals surface area (Å²) in [5.74, 6) is 0.753. The van der Waals surface area contributed by atoms with Crippen LogP contribution in [-0.4, -0.2) is 16.2 Å². The Morgan fingerprint density at radius 3 is 2.24 bits per heavy atom. The standard InChI is InChI=1S/C29H25N3O/c1-18-14-27(33-32-18)28-19(2)30-26-13-12-23(17-25(26)29(28)20-8-4-3-5-9-20)31-24-15-21-10-6-7-11-22(21)16-24/h3-14,17,24,31H,15-16H2,1-2H3. The van der Waals surface area contributed by atoms with Crippen molar-refractivity contribution in [3.05, 3.63) is 101 Å². The van der Waals surface area contributed by atoms with Gasteiger partial charge in [-0.25, -0.2) is 0 Å². The van der Waals surface area contributed by atoms with Crippen LogP contribution >= 0.6 is 0 Å². The number of aryl methyl sites for hydroxylation is 2. The highest BCUT2D eigenvalue weighted by molar-refractivity contribution is 6.03. The molecule has 0 saturated carbocycles. The zero-order chi connectivity index (χ0) is 22.4. The van der Waals surface area contributed by atoms with Crippen molar-refractivity contribution in [2.24, 2.45) is 0 Å². The van der Waals surface area contributed by atoms with Gasteiger partial charge in [0.1, 0.15) is 0 Å². The molecule has 1 aliphatic rings. The monoisotopic (exact) mass is 431 g/mol. The summed E-state index contributed by atoms with van der Waals surface area (Å²) in [5.41, 5.74) is 10.1. The fraction of sp³-hybridized carbons (Fsp3) is 0.172. The van der Waals surface area contributed by atoms with Crippen molar-refractivity contribution in [3.8, 4) is 22.5 Å². The van der Waals surface area contributed by atoms with Gasteiger partial charge < -0.3 is 9.84 Å². The van der Waals surface area contributed by atoms with Gasteiger partial charge in [-0.2, -0.15) is 0 Å². The minimum Gasteiger partial charge on any atom is -0.382 e. The van der Waals surface area contributed by atoms with E-state index in [0.29, 0.717) is 6.04 Å². The summed E-state index contributed by atoms with van der Waals surface area (Å²) in [7, 11) is 0. The highest BCUT2D eigenvalue weighted by Gasteiger charge is 2.22. The van der Waals surface area contributed by atoms with E-state index >= 15 is 0 Å². The minimum atomic E-state index is 0.398. The molecule has 0 aliphatic heterocycles. The zero-order valence-corrected chi connectivity index (χ0v) is 18.8. The van der Waals surface area contributed by atoms with Gasteiger partial charge in [-0.15, -0.1) is 0 Å². The van der Waals surface area contributed by atoms with Crippen molar-refractivity contribution >= 4 is 16.6 Å². The van der Waals surface area contributed by atoms with Gasteiger partial charge in [-0.3, -0.25) is 4.98 Å². The summed E-state index contributed by atoms with van der Waals surface area (Å²) in [6.45, 7) is 3.99. The van der Waals surface area contributed by atoms with Gasteiger partial charge in [0.2, 0.25) is 0 Å². The normalized spacial score (nSPS) is 13.4. The first-order chi connectivity index (χ1) is 16.2. The molecule has 2 heterocycles. The second-order valence-electron chi connectivity index (χ2n) is 8.90. The summed E-state index contributed by atoms with van der Waals surface area (Å²) in [6, 6.07) is 28.1. The predicted octanol–water partition coefficient (Wildman–Crippen LogP) is 6.75. The lowest BCUT2D eigenvalue weighted by atomic mass is 9.92. The molecular weight excluding hydrogens is 406 g/mol. The lowest BCUT2D eigenvalue weighted by molar-refractivity contribution is 0.427.